The third-order valence-corrected chi connectivity index (χ3v) is 6.92. The molecule has 3 atom stereocenters. The highest BCUT2D eigenvalue weighted by Crippen LogP contribution is 2.36. The molecule has 8 heteroatoms. The number of rotatable bonds is 8. The Kier molecular flexibility index (Phi) is 8.67. The normalized spacial score (nSPS) is 18.7. The number of fused-ring (bicyclic) bond motifs is 1. The van der Waals surface area contributed by atoms with E-state index in [1.807, 2.05) is 4.90 Å². The number of ether oxygens (including phenoxy) is 1. The number of carboxylic acid groups (broad SMARTS) is 1. The zero-order valence-corrected chi connectivity index (χ0v) is 20.6. The molecule has 1 fully saturated rings. The number of carboxylic acids is 1. The molecule has 4 rings (SSSR count). The zero-order chi connectivity index (χ0) is 26.4. The van der Waals surface area contributed by atoms with Gasteiger partial charge in [-0.15, -0.1) is 0 Å². The summed E-state index contributed by atoms with van der Waals surface area (Å²) in [6, 6.07) is 10.2. The Labute approximate surface area is 214 Å². The predicted molar refractivity (Wildman–Crippen MR) is 135 cm³/mol. The molecule has 1 unspecified atom stereocenters. The van der Waals surface area contributed by atoms with Crippen molar-refractivity contribution in [1.82, 2.24) is 9.88 Å². The van der Waals surface area contributed by atoms with Crippen molar-refractivity contribution in [2.45, 2.75) is 31.9 Å². The lowest BCUT2D eigenvalue weighted by molar-refractivity contribution is -0.139. The summed E-state index contributed by atoms with van der Waals surface area (Å²) >= 11 is 0. The number of aliphatic carboxylic acids is 1. The lowest BCUT2D eigenvalue weighted by Gasteiger charge is -2.37. The summed E-state index contributed by atoms with van der Waals surface area (Å²) in [7, 11) is 1.56. The number of pyridine rings is 1. The maximum Gasteiger partial charge on any atom is 0.303 e. The number of nitrogens with zero attached hydrogens (tertiary/aromatic N) is 2. The van der Waals surface area contributed by atoms with Crippen LogP contribution in [-0.2, 0) is 4.79 Å². The lowest BCUT2D eigenvalue weighted by atomic mass is 9.79. The van der Waals surface area contributed by atoms with Crippen molar-refractivity contribution in [3.8, 4) is 17.6 Å². The topological polar surface area (TPSA) is 62.7 Å². The van der Waals surface area contributed by atoms with Crippen LogP contribution < -0.4 is 4.74 Å². The van der Waals surface area contributed by atoms with Crippen molar-refractivity contribution in [3.05, 3.63) is 71.4 Å². The van der Waals surface area contributed by atoms with Crippen molar-refractivity contribution in [2.75, 3.05) is 26.7 Å². The van der Waals surface area contributed by atoms with Gasteiger partial charge in [0.25, 0.3) is 0 Å². The minimum atomic E-state index is -1.21. The number of benzene rings is 2. The smallest absolute Gasteiger partial charge is 0.303 e. The van der Waals surface area contributed by atoms with E-state index in [-0.39, 0.29) is 30.2 Å². The first kappa shape index (κ1) is 26.5. The molecular formula is C29H29F3N2O3. The Morgan fingerprint density at radius 2 is 1.97 bits per heavy atom. The van der Waals surface area contributed by atoms with E-state index in [9.17, 15) is 18.7 Å². The van der Waals surface area contributed by atoms with Crippen LogP contribution in [0, 0.1) is 35.3 Å². The van der Waals surface area contributed by atoms with Gasteiger partial charge in [-0.2, -0.15) is 0 Å². The predicted octanol–water partition coefficient (Wildman–Crippen LogP) is 5.78. The number of halogens is 3. The molecule has 1 N–H and O–H groups in total. The van der Waals surface area contributed by atoms with Gasteiger partial charge in [-0.25, -0.2) is 13.2 Å². The molecule has 0 bridgehead atoms. The summed E-state index contributed by atoms with van der Waals surface area (Å²) in [6.45, 7) is 1.58. The summed E-state index contributed by atoms with van der Waals surface area (Å²) in [5, 5.41) is 10.2. The molecule has 1 saturated heterocycles. The van der Waals surface area contributed by atoms with Gasteiger partial charge in [0.05, 0.1) is 19.2 Å². The number of aromatic nitrogens is 1. The molecule has 37 heavy (non-hydrogen) atoms. The van der Waals surface area contributed by atoms with Gasteiger partial charge in [-0.3, -0.25) is 14.7 Å². The molecule has 1 aromatic heterocycles. The Balaban J connectivity index is 1.39. The third kappa shape index (κ3) is 7.01. The van der Waals surface area contributed by atoms with Crippen LogP contribution in [0.1, 0.15) is 43.0 Å². The van der Waals surface area contributed by atoms with Crippen molar-refractivity contribution in [1.29, 1.82) is 0 Å². The van der Waals surface area contributed by atoms with Crippen molar-refractivity contribution in [3.63, 3.8) is 0 Å². The minimum absolute atomic E-state index is 0.00393. The standard InChI is InChI=1S/C29H29F3N2O3/c1-37-24-5-7-28-26(17-24)25(8-10-33-28)27(32)6-4-20-9-12-34(18-21(20)15-29(35)36)11-2-3-19-13-22(30)16-23(31)14-19/h5,7-8,10,13-14,16-17,20-21,27H,4,6,9,11-12,15,18H2,1H3,(H,35,36)/t20-,21+,27?/m1/s1. The molecule has 1 aliphatic rings. The first-order valence-corrected chi connectivity index (χ1v) is 12.3. The van der Waals surface area contributed by atoms with Gasteiger partial charge in [0.15, 0.2) is 0 Å². The van der Waals surface area contributed by atoms with Crippen LogP contribution in [0.5, 0.6) is 5.75 Å². The molecule has 5 nitrogen and oxygen atoms in total. The van der Waals surface area contributed by atoms with E-state index in [0.717, 1.165) is 12.5 Å². The summed E-state index contributed by atoms with van der Waals surface area (Å²) in [4.78, 5) is 17.9. The summed E-state index contributed by atoms with van der Waals surface area (Å²) in [5.41, 5.74) is 1.50. The maximum atomic E-state index is 15.4. The van der Waals surface area contributed by atoms with Crippen LogP contribution in [0.2, 0.25) is 0 Å². The van der Waals surface area contributed by atoms with Gasteiger partial charge in [0.2, 0.25) is 0 Å². The average Bonchev–Trinajstić information content (AvgIpc) is 2.86. The van der Waals surface area contributed by atoms with Gasteiger partial charge in [-0.1, -0.05) is 11.8 Å². The summed E-state index contributed by atoms with van der Waals surface area (Å²) in [6.07, 6.45) is 1.96. The molecule has 0 radical (unpaired) electrons. The van der Waals surface area contributed by atoms with Gasteiger partial charge < -0.3 is 9.84 Å². The Morgan fingerprint density at radius 1 is 1.19 bits per heavy atom. The van der Waals surface area contributed by atoms with Crippen LogP contribution in [0.15, 0.2) is 48.7 Å². The third-order valence-electron chi connectivity index (χ3n) is 6.92. The molecule has 0 spiro atoms. The second-order valence-corrected chi connectivity index (χ2v) is 9.43. The van der Waals surface area contributed by atoms with Gasteiger partial charge in [-0.05, 0) is 79.6 Å². The molecule has 1 aliphatic heterocycles. The van der Waals surface area contributed by atoms with Gasteiger partial charge in [0.1, 0.15) is 23.6 Å². The maximum absolute atomic E-state index is 15.4. The quantitative estimate of drug-likeness (QED) is 0.390. The first-order chi connectivity index (χ1) is 17.8. The summed E-state index contributed by atoms with van der Waals surface area (Å²) in [5.74, 6) is 4.01. The van der Waals surface area contributed by atoms with Gasteiger partial charge >= 0.3 is 5.97 Å². The molecule has 0 aliphatic carbocycles. The zero-order valence-electron chi connectivity index (χ0n) is 20.6. The van der Waals surface area contributed by atoms with Crippen LogP contribution >= 0.6 is 0 Å². The second kappa shape index (κ2) is 12.1. The van der Waals surface area contributed by atoms with Crippen LogP contribution in [-0.4, -0.2) is 47.7 Å². The average molecular weight is 511 g/mol. The molecular weight excluding hydrogens is 481 g/mol. The van der Waals surface area contributed by atoms with Gasteiger partial charge in [0, 0.05) is 36.2 Å². The van der Waals surface area contributed by atoms with E-state index in [1.165, 1.54) is 12.1 Å². The van der Waals surface area contributed by atoms with E-state index < -0.39 is 23.8 Å². The minimum Gasteiger partial charge on any atom is -0.497 e. The monoisotopic (exact) mass is 510 g/mol. The fourth-order valence-electron chi connectivity index (χ4n) is 5.08. The highest BCUT2D eigenvalue weighted by Gasteiger charge is 2.31. The largest absolute Gasteiger partial charge is 0.497 e. The van der Waals surface area contributed by atoms with E-state index in [4.69, 9.17) is 4.74 Å². The molecule has 0 saturated carbocycles. The SMILES string of the molecule is COc1ccc2nccc(C(F)CC[C@@H]3CCN(CC#Cc4cc(F)cc(F)c4)C[C@@H]3CC(=O)O)c2c1. The van der Waals surface area contributed by atoms with Crippen LogP contribution in [0.4, 0.5) is 13.2 Å². The van der Waals surface area contributed by atoms with Crippen molar-refractivity contribution in [2.24, 2.45) is 11.8 Å². The number of hydrogen-bond acceptors (Lipinski definition) is 4. The number of alkyl halides is 1. The Morgan fingerprint density at radius 3 is 2.70 bits per heavy atom. The lowest BCUT2D eigenvalue weighted by Crippen LogP contribution is -2.41. The van der Waals surface area contributed by atoms with Crippen molar-refractivity contribution < 1.29 is 27.8 Å². The highest BCUT2D eigenvalue weighted by molar-refractivity contribution is 5.83. The number of carbonyl (C=O) groups is 1. The van der Waals surface area contributed by atoms with Crippen molar-refractivity contribution >= 4 is 16.9 Å². The van der Waals surface area contributed by atoms with E-state index in [1.54, 1.807) is 37.6 Å². The Bertz CT molecular complexity index is 1300. The van der Waals surface area contributed by atoms with E-state index in [2.05, 4.69) is 16.8 Å². The Hall–Kier alpha value is -3.57. The van der Waals surface area contributed by atoms with E-state index in [0.29, 0.717) is 48.3 Å². The molecule has 2 heterocycles. The second-order valence-electron chi connectivity index (χ2n) is 9.43. The fraction of sp³-hybridized carbons (Fsp3) is 0.379. The van der Waals surface area contributed by atoms with Crippen LogP contribution in [0.3, 0.4) is 0 Å². The molecule has 194 valence electrons. The first-order valence-electron chi connectivity index (χ1n) is 12.3. The molecule has 0 amide bonds. The van der Waals surface area contributed by atoms with Crippen LogP contribution in [0.25, 0.3) is 10.9 Å². The highest BCUT2D eigenvalue weighted by atomic mass is 19.1. The fourth-order valence-corrected chi connectivity index (χ4v) is 5.08. The molecule has 2 aromatic carbocycles. The number of likely N-dealkylation sites (tertiary alicyclic amines) is 1. The number of methoxy groups -OCH3 is 1. The molecule has 3 aromatic rings. The number of piperidine rings is 1. The number of hydrogen-bond donors (Lipinski definition) is 1. The van der Waals surface area contributed by atoms with E-state index >= 15 is 4.39 Å². The summed E-state index contributed by atoms with van der Waals surface area (Å²) < 4.78 is 47.5.